The van der Waals surface area contributed by atoms with Gasteiger partial charge in [-0.05, 0) is 42.2 Å². The van der Waals surface area contributed by atoms with Gasteiger partial charge in [-0.25, -0.2) is 0 Å². The molecule has 0 radical (unpaired) electrons. The summed E-state index contributed by atoms with van der Waals surface area (Å²) in [6.45, 7) is 3.90. The molecule has 1 N–H and O–H groups in total. The molecule has 2 aromatic rings. The number of nitrogens with zero attached hydrogens (tertiary/aromatic N) is 1. The minimum atomic E-state index is 0.666. The highest BCUT2D eigenvalue weighted by Crippen LogP contribution is 2.47. The Bertz CT molecular complexity index is 506. The first-order valence-corrected chi connectivity index (χ1v) is 6.51. The standard InChI is InChI=1S/C15H18N2O/c1-11-8-14(11)15-3-2-13(18-15)10-17-9-12-4-6-16-7-5-12/h2-7,11,14,17H,8-10H2,1H3/t11-,14+/m0/s1. The first-order valence-electron chi connectivity index (χ1n) is 6.51. The third-order valence-corrected chi connectivity index (χ3v) is 3.54. The lowest BCUT2D eigenvalue weighted by Gasteiger charge is -2.02. The van der Waals surface area contributed by atoms with Gasteiger partial charge < -0.3 is 9.73 Å². The van der Waals surface area contributed by atoms with E-state index in [-0.39, 0.29) is 0 Å². The molecule has 3 nitrogen and oxygen atoms in total. The molecule has 2 aromatic heterocycles. The van der Waals surface area contributed by atoms with E-state index in [1.165, 1.54) is 12.0 Å². The van der Waals surface area contributed by atoms with Crippen LogP contribution in [0.25, 0.3) is 0 Å². The highest BCUT2D eigenvalue weighted by atomic mass is 16.3. The molecule has 0 amide bonds. The maximum atomic E-state index is 5.84. The summed E-state index contributed by atoms with van der Waals surface area (Å²) in [7, 11) is 0. The van der Waals surface area contributed by atoms with Crippen LogP contribution in [0.5, 0.6) is 0 Å². The maximum absolute atomic E-state index is 5.84. The van der Waals surface area contributed by atoms with E-state index in [0.29, 0.717) is 5.92 Å². The van der Waals surface area contributed by atoms with Crippen LogP contribution in [-0.4, -0.2) is 4.98 Å². The van der Waals surface area contributed by atoms with Crippen LogP contribution in [0.2, 0.25) is 0 Å². The summed E-state index contributed by atoms with van der Waals surface area (Å²) < 4.78 is 5.84. The van der Waals surface area contributed by atoms with Crippen LogP contribution < -0.4 is 5.32 Å². The minimum absolute atomic E-state index is 0.666. The summed E-state index contributed by atoms with van der Waals surface area (Å²) in [5, 5.41) is 3.38. The van der Waals surface area contributed by atoms with Gasteiger partial charge in [0, 0.05) is 24.9 Å². The molecule has 18 heavy (non-hydrogen) atoms. The zero-order valence-electron chi connectivity index (χ0n) is 10.6. The molecule has 0 aromatic carbocycles. The van der Waals surface area contributed by atoms with Gasteiger partial charge in [-0.2, -0.15) is 0 Å². The van der Waals surface area contributed by atoms with E-state index in [9.17, 15) is 0 Å². The molecular weight excluding hydrogens is 224 g/mol. The number of pyridine rings is 1. The molecule has 1 aliphatic rings. The van der Waals surface area contributed by atoms with Crippen molar-refractivity contribution in [1.82, 2.24) is 10.3 Å². The molecule has 1 fully saturated rings. The average molecular weight is 242 g/mol. The highest BCUT2D eigenvalue weighted by Gasteiger charge is 2.36. The summed E-state index contributed by atoms with van der Waals surface area (Å²) in [6, 6.07) is 8.25. The second-order valence-electron chi connectivity index (χ2n) is 5.08. The fraction of sp³-hybridized carbons (Fsp3) is 0.400. The first-order chi connectivity index (χ1) is 8.83. The molecule has 1 aliphatic carbocycles. The van der Waals surface area contributed by atoms with Crippen molar-refractivity contribution < 1.29 is 4.42 Å². The van der Waals surface area contributed by atoms with Gasteiger partial charge in [0.25, 0.3) is 0 Å². The van der Waals surface area contributed by atoms with Crippen LogP contribution in [0.3, 0.4) is 0 Å². The monoisotopic (exact) mass is 242 g/mol. The summed E-state index contributed by atoms with van der Waals surface area (Å²) >= 11 is 0. The molecule has 1 saturated carbocycles. The van der Waals surface area contributed by atoms with E-state index in [0.717, 1.165) is 30.5 Å². The number of rotatable bonds is 5. The lowest BCUT2D eigenvalue weighted by molar-refractivity contribution is 0.444. The van der Waals surface area contributed by atoms with E-state index >= 15 is 0 Å². The Morgan fingerprint density at radius 3 is 2.72 bits per heavy atom. The predicted octanol–water partition coefficient (Wildman–Crippen LogP) is 3.09. The van der Waals surface area contributed by atoms with Gasteiger partial charge in [-0.1, -0.05) is 6.92 Å². The quantitative estimate of drug-likeness (QED) is 0.875. The summed E-state index contributed by atoms with van der Waals surface area (Å²) in [5.41, 5.74) is 1.24. The maximum Gasteiger partial charge on any atom is 0.117 e. The van der Waals surface area contributed by atoms with Crippen LogP contribution in [0.1, 0.15) is 36.3 Å². The van der Waals surface area contributed by atoms with Crippen LogP contribution in [0, 0.1) is 5.92 Å². The smallest absolute Gasteiger partial charge is 0.117 e. The molecule has 3 heteroatoms. The number of aromatic nitrogens is 1. The topological polar surface area (TPSA) is 38.1 Å². The predicted molar refractivity (Wildman–Crippen MR) is 70.0 cm³/mol. The summed E-state index contributed by atoms with van der Waals surface area (Å²) in [4.78, 5) is 4.00. The molecule has 94 valence electrons. The van der Waals surface area contributed by atoms with Crippen molar-refractivity contribution in [2.24, 2.45) is 5.92 Å². The molecule has 0 saturated heterocycles. The summed E-state index contributed by atoms with van der Waals surface area (Å²) in [5.74, 6) is 3.65. The Morgan fingerprint density at radius 1 is 1.22 bits per heavy atom. The van der Waals surface area contributed by atoms with E-state index in [4.69, 9.17) is 4.42 Å². The van der Waals surface area contributed by atoms with Crippen molar-refractivity contribution in [2.75, 3.05) is 0 Å². The van der Waals surface area contributed by atoms with Gasteiger partial charge in [0.1, 0.15) is 11.5 Å². The number of furan rings is 1. The van der Waals surface area contributed by atoms with Crippen LogP contribution in [0.4, 0.5) is 0 Å². The molecule has 0 unspecified atom stereocenters. The molecule has 2 heterocycles. The van der Waals surface area contributed by atoms with Gasteiger partial charge in [0.15, 0.2) is 0 Å². The Labute approximate surface area is 107 Å². The van der Waals surface area contributed by atoms with Gasteiger partial charge in [-0.15, -0.1) is 0 Å². The average Bonchev–Trinajstić information content (AvgIpc) is 2.94. The lowest BCUT2D eigenvalue weighted by Crippen LogP contribution is -2.11. The van der Waals surface area contributed by atoms with Crippen LogP contribution in [0.15, 0.2) is 41.1 Å². The normalized spacial score (nSPS) is 22.1. The van der Waals surface area contributed by atoms with Crippen molar-refractivity contribution in [3.63, 3.8) is 0 Å². The molecule has 0 spiro atoms. The zero-order valence-corrected chi connectivity index (χ0v) is 10.6. The molecular formula is C15H18N2O. The van der Waals surface area contributed by atoms with Crippen molar-refractivity contribution in [3.05, 3.63) is 53.7 Å². The third kappa shape index (κ3) is 2.62. The second kappa shape index (κ2) is 4.94. The number of hydrogen-bond acceptors (Lipinski definition) is 3. The fourth-order valence-corrected chi connectivity index (χ4v) is 2.24. The van der Waals surface area contributed by atoms with Crippen LogP contribution in [-0.2, 0) is 13.1 Å². The van der Waals surface area contributed by atoms with Crippen LogP contribution >= 0.6 is 0 Å². The van der Waals surface area contributed by atoms with Gasteiger partial charge in [0.05, 0.1) is 6.54 Å². The Kier molecular flexibility index (Phi) is 3.15. The van der Waals surface area contributed by atoms with E-state index in [2.05, 4.69) is 29.4 Å². The highest BCUT2D eigenvalue weighted by molar-refractivity contribution is 5.17. The zero-order chi connectivity index (χ0) is 12.4. The molecule has 0 bridgehead atoms. The fourth-order valence-electron chi connectivity index (χ4n) is 2.24. The summed E-state index contributed by atoms with van der Waals surface area (Å²) in [6.07, 6.45) is 4.91. The third-order valence-electron chi connectivity index (χ3n) is 3.54. The number of nitrogens with one attached hydrogen (secondary N) is 1. The first kappa shape index (κ1) is 11.5. The van der Waals surface area contributed by atoms with Crippen molar-refractivity contribution in [1.29, 1.82) is 0 Å². The van der Waals surface area contributed by atoms with Gasteiger partial charge in [0.2, 0.25) is 0 Å². The van der Waals surface area contributed by atoms with E-state index in [1.807, 2.05) is 24.5 Å². The van der Waals surface area contributed by atoms with Gasteiger partial charge in [-0.3, -0.25) is 4.98 Å². The Balaban J connectivity index is 1.50. The Hall–Kier alpha value is -1.61. The van der Waals surface area contributed by atoms with Crippen molar-refractivity contribution in [3.8, 4) is 0 Å². The van der Waals surface area contributed by atoms with Gasteiger partial charge >= 0.3 is 0 Å². The molecule has 2 atom stereocenters. The van der Waals surface area contributed by atoms with Crippen molar-refractivity contribution in [2.45, 2.75) is 32.4 Å². The van der Waals surface area contributed by atoms with E-state index in [1.54, 1.807) is 0 Å². The lowest BCUT2D eigenvalue weighted by atomic mass is 10.2. The Morgan fingerprint density at radius 2 is 2.00 bits per heavy atom. The largest absolute Gasteiger partial charge is 0.464 e. The SMILES string of the molecule is C[C@H]1C[C@H]1c1ccc(CNCc2ccncc2)o1. The minimum Gasteiger partial charge on any atom is -0.464 e. The molecule has 3 rings (SSSR count). The van der Waals surface area contributed by atoms with Crippen molar-refractivity contribution >= 4 is 0 Å². The number of hydrogen-bond donors (Lipinski definition) is 1. The second-order valence-corrected chi connectivity index (χ2v) is 5.08. The van der Waals surface area contributed by atoms with E-state index < -0.39 is 0 Å². The molecule has 0 aliphatic heterocycles.